The van der Waals surface area contributed by atoms with Crippen LogP contribution in [-0.4, -0.2) is 49.2 Å². The van der Waals surface area contributed by atoms with Crippen LogP contribution in [0, 0.1) is 11.8 Å². The van der Waals surface area contributed by atoms with Crippen molar-refractivity contribution >= 4 is 5.91 Å². The smallest absolute Gasteiger partial charge is 0.224 e. The minimum absolute atomic E-state index is 0.254. The highest BCUT2D eigenvalue weighted by Crippen LogP contribution is 2.26. The summed E-state index contributed by atoms with van der Waals surface area (Å²) < 4.78 is 5.83. The number of carbonyl (C=O) groups is 1. The number of nitrogens with one attached hydrogen (secondary N) is 1. The molecule has 1 N–H and O–H groups in total. The van der Waals surface area contributed by atoms with Crippen molar-refractivity contribution < 1.29 is 9.53 Å². The fraction of sp³-hybridized carbons (Fsp3) is 0.944. The van der Waals surface area contributed by atoms with Crippen LogP contribution in [0.15, 0.2) is 0 Å². The van der Waals surface area contributed by atoms with E-state index in [4.69, 9.17) is 4.74 Å². The summed E-state index contributed by atoms with van der Waals surface area (Å²) in [6.45, 7) is 10.4. The second kappa shape index (κ2) is 8.88. The van der Waals surface area contributed by atoms with E-state index in [0.29, 0.717) is 30.3 Å². The van der Waals surface area contributed by atoms with Crippen molar-refractivity contribution in [2.75, 3.05) is 26.2 Å². The fourth-order valence-electron chi connectivity index (χ4n) is 3.75. The van der Waals surface area contributed by atoms with E-state index >= 15 is 0 Å². The molecule has 4 nitrogen and oxygen atoms in total. The Bertz CT molecular complexity index is 338. The lowest BCUT2D eigenvalue weighted by atomic mass is 9.93. The summed E-state index contributed by atoms with van der Waals surface area (Å²) in [6, 6.07) is 0.254. The second-order valence-corrected chi connectivity index (χ2v) is 7.44. The van der Waals surface area contributed by atoms with Gasteiger partial charge in [-0.1, -0.05) is 26.7 Å². The van der Waals surface area contributed by atoms with Crippen molar-refractivity contribution in [1.29, 1.82) is 0 Å². The van der Waals surface area contributed by atoms with Gasteiger partial charge in [0.2, 0.25) is 5.91 Å². The summed E-state index contributed by atoms with van der Waals surface area (Å²) in [5, 5.41) is 3.57. The van der Waals surface area contributed by atoms with Gasteiger partial charge in [-0.15, -0.1) is 0 Å². The molecule has 0 saturated carbocycles. The molecular weight excluding hydrogens is 276 g/mol. The standard InChI is InChI=1S/C18H34N2O2/c1-14(2)18-16(8-11-22-18)13-19-15(3)12-17(21)20-9-6-4-5-7-10-20/h14-16,18-19H,4-13H2,1-3H3/t15?,16-,18-/m1/s1. The van der Waals surface area contributed by atoms with Gasteiger partial charge in [0.1, 0.15) is 0 Å². The molecule has 128 valence electrons. The van der Waals surface area contributed by atoms with Crippen LogP contribution in [0.4, 0.5) is 0 Å². The first kappa shape index (κ1) is 17.7. The average molecular weight is 310 g/mol. The molecule has 1 amide bonds. The first-order valence-corrected chi connectivity index (χ1v) is 9.20. The van der Waals surface area contributed by atoms with Gasteiger partial charge < -0.3 is 15.0 Å². The highest BCUT2D eigenvalue weighted by Gasteiger charge is 2.30. The van der Waals surface area contributed by atoms with E-state index in [0.717, 1.165) is 32.7 Å². The monoisotopic (exact) mass is 310 g/mol. The van der Waals surface area contributed by atoms with E-state index in [-0.39, 0.29) is 6.04 Å². The van der Waals surface area contributed by atoms with Crippen molar-refractivity contribution in [2.24, 2.45) is 11.8 Å². The van der Waals surface area contributed by atoms with Gasteiger partial charge in [-0.25, -0.2) is 0 Å². The molecule has 2 aliphatic heterocycles. The summed E-state index contributed by atoms with van der Waals surface area (Å²) in [5.41, 5.74) is 0. The Hall–Kier alpha value is -0.610. The van der Waals surface area contributed by atoms with Crippen molar-refractivity contribution in [3.8, 4) is 0 Å². The Morgan fingerprint density at radius 2 is 1.86 bits per heavy atom. The summed E-state index contributed by atoms with van der Waals surface area (Å²) in [4.78, 5) is 14.5. The molecular formula is C18H34N2O2. The third kappa shape index (κ3) is 5.24. The van der Waals surface area contributed by atoms with Gasteiger partial charge in [-0.3, -0.25) is 4.79 Å². The topological polar surface area (TPSA) is 41.6 Å². The number of likely N-dealkylation sites (tertiary alicyclic amines) is 1. The highest BCUT2D eigenvalue weighted by atomic mass is 16.5. The van der Waals surface area contributed by atoms with Gasteiger partial charge in [0, 0.05) is 38.7 Å². The Morgan fingerprint density at radius 3 is 2.50 bits per heavy atom. The Balaban J connectivity index is 1.70. The highest BCUT2D eigenvalue weighted by molar-refractivity contribution is 5.76. The van der Waals surface area contributed by atoms with E-state index in [1.54, 1.807) is 0 Å². The van der Waals surface area contributed by atoms with Crippen molar-refractivity contribution in [2.45, 2.75) is 71.4 Å². The predicted octanol–water partition coefficient (Wildman–Crippen LogP) is 2.82. The molecule has 22 heavy (non-hydrogen) atoms. The molecule has 2 heterocycles. The third-order valence-electron chi connectivity index (χ3n) is 5.09. The van der Waals surface area contributed by atoms with Gasteiger partial charge in [-0.2, -0.15) is 0 Å². The molecule has 4 heteroatoms. The number of hydrogen-bond acceptors (Lipinski definition) is 3. The maximum atomic E-state index is 12.4. The third-order valence-corrected chi connectivity index (χ3v) is 5.09. The van der Waals surface area contributed by atoms with E-state index in [1.807, 2.05) is 0 Å². The summed E-state index contributed by atoms with van der Waals surface area (Å²) in [6.07, 6.45) is 7.03. The van der Waals surface area contributed by atoms with Crippen LogP contribution in [0.2, 0.25) is 0 Å². The first-order chi connectivity index (χ1) is 10.6. The van der Waals surface area contributed by atoms with Crippen LogP contribution in [0.1, 0.15) is 59.3 Å². The van der Waals surface area contributed by atoms with E-state index in [9.17, 15) is 4.79 Å². The van der Waals surface area contributed by atoms with Crippen LogP contribution in [0.3, 0.4) is 0 Å². The van der Waals surface area contributed by atoms with E-state index in [1.165, 1.54) is 25.7 Å². The summed E-state index contributed by atoms with van der Waals surface area (Å²) >= 11 is 0. The number of nitrogens with zero attached hydrogens (tertiary/aromatic N) is 1. The zero-order chi connectivity index (χ0) is 15.9. The molecule has 2 fully saturated rings. The number of ether oxygens (including phenoxy) is 1. The molecule has 1 unspecified atom stereocenters. The van der Waals surface area contributed by atoms with Gasteiger partial charge in [-0.05, 0) is 38.0 Å². The molecule has 2 rings (SSSR count). The van der Waals surface area contributed by atoms with Gasteiger partial charge in [0.25, 0.3) is 0 Å². The van der Waals surface area contributed by atoms with Crippen molar-refractivity contribution in [1.82, 2.24) is 10.2 Å². The normalized spacial score (nSPS) is 27.9. The number of amides is 1. The van der Waals surface area contributed by atoms with Crippen molar-refractivity contribution in [3.05, 3.63) is 0 Å². The van der Waals surface area contributed by atoms with E-state index in [2.05, 4.69) is 31.0 Å². The molecule has 0 radical (unpaired) electrons. The lowest BCUT2D eigenvalue weighted by Gasteiger charge is -2.25. The number of hydrogen-bond donors (Lipinski definition) is 1. The molecule has 2 saturated heterocycles. The van der Waals surface area contributed by atoms with Crippen LogP contribution >= 0.6 is 0 Å². The molecule has 3 atom stereocenters. The molecule has 0 aliphatic carbocycles. The molecule has 0 aromatic carbocycles. The van der Waals surface area contributed by atoms with Crippen LogP contribution < -0.4 is 5.32 Å². The van der Waals surface area contributed by atoms with Gasteiger partial charge in [0.05, 0.1) is 6.10 Å². The Labute approximate surface area is 136 Å². The zero-order valence-corrected chi connectivity index (χ0v) is 14.6. The largest absolute Gasteiger partial charge is 0.378 e. The lowest BCUT2D eigenvalue weighted by molar-refractivity contribution is -0.131. The van der Waals surface area contributed by atoms with Gasteiger partial charge in [0.15, 0.2) is 0 Å². The molecule has 0 aromatic rings. The molecule has 2 aliphatic rings. The zero-order valence-electron chi connectivity index (χ0n) is 14.6. The van der Waals surface area contributed by atoms with E-state index < -0.39 is 0 Å². The van der Waals surface area contributed by atoms with Crippen LogP contribution in [0.5, 0.6) is 0 Å². The quantitative estimate of drug-likeness (QED) is 0.820. The SMILES string of the molecule is CC(CC(=O)N1CCCCCC1)NC[C@H]1CCO[C@@H]1C(C)C. The minimum atomic E-state index is 0.254. The fourth-order valence-corrected chi connectivity index (χ4v) is 3.75. The second-order valence-electron chi connectivity index (χ2n) is 7.44. The van der Waals surface area contributed by atoms with Crippen molar-refractivity contribution in [3.63, 3.8) is 0 Å². The molecule has 0 spiro atoms. The summed E-state index contributed by atoms with van der Waals surface area (Å²) in [7, 11) is 0. The summed E-state index contributed by atoms with van der Waals surface area (Å²) in [5.74, 6) is 1.49. The van der Waals surface area contributed by atoms with Crippen LogP contribution in [0.25, 0.3) is 0 Å². The maximum absolute atomic E-state index is 12.4. The Morgan fingerprint density at radius 1 is 1.18 bits per heavy atom. The maximum Gasteiger partial charge on any atom is 0.224 e. The predicted molar refractivity (Wildman–Crippen MR) is 89.8 cm³/mol. The average Bonchev–Trinajstić information content (AvgIpc) is 2.78. The van der Waals surface area contributed by atoms with Crippen LogP contribution in [-0.2, 0) is 9.53 Å². The first-order valence-electron chi connectivity index (χ1n) is 9.20. The number of carbonyl (C=O) groups excluding carboxylic acids is 1. The minimum Gasteiger partial charge on any atom is -0.378 e. The number of rotatable bonds is 6. The van der Waals surface area contributed by atoms with Gasteiger partial charge >= 0.3 is 0 Å². The molecule has 0 bridgehead atoms. The molecule has 0 aromatic heterocycles. The Kier molecular flexibility index (Phi) is 7.16. The lowest BCUT2D eigenvalue weighted by Crippen LogP contribution is -2.40.